The summed E-state index contributed by atoms with van der Waals surface area (Å²) in [6.07, 6.45) is 1.82. The topological polar surface area (TPSA) is 79.2 Å². The number of anilines is 1. The van der Waals surface area contributed by atoms with Gasteiger partial charge in [-0.1, -0.05) is 6.92 Å². The molecule has 2 aromatic rings. The van der Waals surface area contributed by atoms with Crippen molar-refractivity contribution in [2.75, 3.05) is 44.7 Å². The molecular formula is C16H27Cl2N7O. The second-order valence-electron chi connectivity index (χ2n) is 6.37. The molecule has 0 spiro atoms. The van der Waals surface area contributed by atoms with Gasteiger partial charge in [0.05, 0.1) is 11.6 Å². The van der Waals surface area contributed by atoms with Gasteiger partial charge < -0.3 is 15.1 Å². The Morgan fingerprint density at radius 2 is 1.88 bits per heavy atom. The third-order valence-corrected chi connectivity index (χ3v) is 4.51. The minimum absolute atomic E-state index is 0. The average Bonchev–Trinajstić information content (AvgIpc) is 2.95. The summed E-state index contributed by atoms with van der Waals surface area (Å²) in [5.41, 5.74) is 0.846. The number of aromatic nitrogens is 4. The molecule has 3 heterocycles. The van der Waals surface area contributed by atoms with E-state index in [-0.39, 0.29) is 36.6 Å². The highest BCUT2D eigenvalue weighted by Gasteiger charge is 2.26. The first kappa shape index (κ1) is 22.4. The molecule has 8 nitrogen and oxygen atoms in total. The van der Waals surface area contributed by atoms with Crippen molar-refractivity contribution >= 4 is 47.6 Å². The summed E-state index contributed by atoms with van der Waals surface area (Å²) >= 11 is 0. The molecule has 0 aromatic carbocycles. The first-order valence-electron chi connectivity index (χ1n) is 8.36. The molecule has 1 aliphatic rings. The number of carbonyl (C=O) groups is 1. The highest BCUT2D eigenvalue weighted by atomic mass is 35.5. The Bertz CT molecular complexity index is 744. The van der Waals surface area contributed by atoms with E-state index >= 15 is 0 Å². The van der Waals surface area contributed by atoms with E-state index in [1.54, 1.807) is 4.68 Å². The number of hydrogen-bond donors (Lipinski definition) is 1. The van der Waals surface area contributed by atoms with Crippen molar-refractivity contribution in [3.8, 4) is 0 Å². The van der Waals surface area contributed by atoms with E-state index in [0.29, 0.717) is 6.54 Å². The highest BCUT2D eigenvalue weighted by molar-refractivity contribution is 5.87. The third-order valence-electron chi connectivity index (χ3n) is 4.51. The number of rotatable bonds is 4. The molecule has 0 bridgehead atoms. The van der Waals surface area contributed by atoms with Gasteiger partial charge in [-0.05, 0) is 14.0 Å². The molecule has 1 aliphatic heterocycles. The van der Waals surface area contributed by atoms with Gasteiger partial charge in [0.1, 0.15) is 11.6 Å². The standard InChI is InChI=1S/C16H25N7O.2ClH/c1-11(9-17-3)16(24)23-7-5-22(6-8-23)15-13-10-18-21(4)14(13)19-12(2)20-15;;/h10-11,17H,5-9H2,1-4H3;2*1H. The quantitative estimate of drug-likeness (QED) is 0.820. The third kappa shape index (κ3) is 4.36. The van der Waals surface area contributed by atoms with Gasteiger partial charge >= 0.3 is 0 Å². The molecule has 1 saturated heterocycles. The lowest BCUT2D eigenvalue weighted by Crippen LogP contribution is -2.51. The van der Waals surface area contributed by atoms with E-state index in [9.17, 15) is 4.79 Å². The van der Waals surface area contributed by atoms with Crippen LogP contribution >= 0.6 is 24.8 Å². The summed E-state index contributed by atoms with van der Waals surface area (Å²) in [6.45, 7) is 7.57. The van der Waals surface area contributed by atoms with Gasteiger partial charge in [0.25, 0.3) is 0 Å². The highest BCUT2D eigenvalue weighted by Crippen LogP contribution is 2.24. The van der Waals surface area contributed by atoms with Gasteiger partial charge in [0.15, 0.2) is 5.65 Å². The number of fused-ring (bicyclic) bond motifs is 1. The van der Waals surface area contributed by atoms with Crippen molar-refractivity contribution in [1.29, 1.82) is 0 Å². The molecule has 0 radical (unpaired) electrons. The second-order valence-corrected chi connectivity index (χ2v) is 6.37. The Kier molecular flexibility index (Phi) is 8.05. The summed E-state index contributed by atoms with van der Waals surface area (Å²) in [7, 11) is 3.76. The van der Waals surface area contributed by atoms with Gasteiger partial charge in [-0.25, -0.2) is 9.97 Å². The lowest BCUT2D eigenvalue weighted by Gasteiger charge is -2.36. The van der Waals surface area contributed by atoms with E-state index in [4.69, 9.17) is 0 Å². The normalized spacial score (nSPS) is 15.4. The van der Waals surface area contributed by atoms with Crippen molar-refractivity contribution in [3.63, 3.8) is 0 Å². The summed E-state index contributed by atoms with van der Waals surface area (Å²) in [5, 5.41) is 8.33. The fourth-order valence-corrected chi connectivity index (χ4v) is 3.20. The molecule has 1 fully saturated rings. The Hall–Kier alpha value is -1.64. The van der Waals surface area contributed by atoms with E-state index in [2.05, 4.69) is 25.3 Å². The van der Waals surface area contributed by atoms with Crippen LogP contribution in [0.3, 0.4) is 0 Å². The van der Waals surface area contributed by atoms with Crippen LogP contribution in [0.1, 0.15) is 12.7 Å². The number of halogens is 2. The Morgan fingerprint density at radius 3 is 2.50 bits per heavy atom. The van der Waals surface area contributed by atoms with Crippen LogP contribution in [0.25, 0.3) is 11.0 Å². The zero-order valence-corrected chi connectivity index (χ0v) is 17.2. The van der Waals surface area contributed by atoms with Crippen LogP contribution in [0.5, 0.6) is 0 Å². The number of amides is 1. The van der Waals surface area contributed by atoms with E-state index in [0.717, 1.165) is 48.9 Å². The van der Waals surface area contributed by atoms with Gasteiger partial charge in [0, 0.05) is 45.7 Å². The predicted octanol–water partition coefficient (Wildman–Crippen LogP) is 1.02. The molecule has 0 aliphatic carbocycles. The molecule has 146 valence electrons. The van der Waals surface area contributed by atoms with Gasteiger partial charge in [-0.2, -0.15) is 5.10 Å². The number of piperazine rings is 1. The van der Waals surface area contributed by atoms with E-state index in [1.807, 2.05) is 39.0 Å². The van der Waals surface area contributed by atoms with Crippen LogP contribution in [0.2, 0.25) is 0 Å². The fourth-order valence-electron chi connectivity index (χ4n) is 3.20. The molecular weight excluding hydrogens is 377 g/mol. The number of nitrogens with zero attached hydrogens (tertiary/aromatic N) is 6. The number of aryl methyl sites for hydroxylation is 2. The first-order valence-corrected chi connectivity index (χ1v) is 8.36. The lowest BCUT2D eigenvalue weighted by atomic mass is 10.1. The Labute approximate surface area is 166 Å². The zero-order valence-electron chi connectivity index (χ0n) is 15.6. The first-order chi connectivity index (χ1) is 11.5. The molecule has 10 heteroatoms. The maximum Gasteiger partial charge on any atom is 0.226 e. The SMILES string of the molecule is CNCC(C)C(=O)N1CCN(c2nc(C)nc3c2cnn3C)CC1.Cl.Cl. The largest absolute Gasteiger partial charge is 0.352 e. The maximum atomic E-state index is 12.4. The molecule has 2 aromatic heterocycles. The number of nitrogens with one attached hydrogen (secondary N) is 1. The summed E-state index contributed by atoms with van der Waals surface area (Å²) < 4.78 is 1.77. The molecule has 1 amide bonds. The van der Waals surface area contributed by atoms with Crippen molar-refractivity contribution in [3.05, 3.63) is 12.0 Å². The van der Waals surface area contributed by atoms with Crippen LogP contribution in [-0.4, -0.2) is 70.3 Å². The lowest BCUT2D eigenvalue weighted by molar-refractivity contribution is -0.135. The smallest absolute Gasteiger partial charge is 0.226 e. The monoisotopic (exact) mass is 403 g/mol. The fraction of sp³-hybridized carbons (Fsp3) is 0.625. The molecule has 26 heavy (non-hydrogen) atoms. The predicted molar refractivity (Wildman–Crippen MR) is 107 cm³/mol. The zero-order chi connectivity index (χ0) is 17.3. The molecule has 1 unspecified atom stereocenters. The molecule has 3 rings (SSSR count). The maximum absolute atomic E-state index is 12.4. The summed E-state index contributed by atoms with van der Waals surface area (Å²) in [6, 6.07) is 0. The van der Waals surface area contributed by atoms with E-state index < -0.39 is 0 Å². The van der Waals surface area contributed by atoms with Crippen LogP contribution in [0, 0.1) is 12.8 Å². The van der Waals surface area contributed by atoms with Crippen LogP contribution in [-0.2, 0) is 11.8 Å². The van der Waals surface area contributed by atoms with Crippen molar-refractivity contribution in [2.24, 2.45) is 13.0 Å². The van der Waals surface area contributed by atoms with Crippen molar-refractivity contribution in [1.82, 2.24) is 30.0 Å². The van der Waals surface area contributed by atoms with Crippen molar-refractivity contribution in [2.45, 2.75) is 13.8 Å². The van der Waals surface area contributed by atoms with E-state index in [1.165, 1.54) is 0 Å². The molecule has 1 N–H and O–H groups in total. The average molecular weight is 404 g/mol. The summed E-state index contributed by atoms with van der Waals surface area (Å²) in [4.78, 5) is 25.7. The summed E-state index contributed by atoms with van der Waals surface area (Å²) in [5.74, 6) is 1.88. The molecule has 0 saturated carbocycles. The van der Waals surface area contributed by atoms with Gasteiger partial charge in [-0.15, -0.1) is 24.8 Å². The second kappa shape index (κ2) is 9.34. The minimum Gasteiger partial charge on any atom is -0.352 e. The molecule has 1 atom stereocenters. The van der Waals surface area contributed by atoms with Crippen LogP contribution in [0.4, 0.5) is 5.82 Å². The van der Waals surface area contributed by atoms with Gasteiger partial charge in [0.2, 0.25) is 5.91 Å². The van der Waals surface area contributed by atoms with Crippen LogP contribution in [0.15, 0.2) is 6.20 Å². The van der Waals surface area contributed by atoms with Gasteiger partial charge in [-0.3, -0.25) is 9.48 Å². The number of carbonyl (C=O) groups excluding carboxylic acids is 1. The minimum atomic E-state index is 0. The van der Waals surface area contributed by atoms with Crippen LogP contribution < -0.4 is 10.2 Å². The Morgan fingerprint density at radius 1 is 1.23 bits per heavy atom. The Balaban J connectivity index is 0.00000169. The van der Waals surface area contributed by atoms with Crippen molar-refractivity contribution < 1.29 is 4.79 Å². The number of hydrogen-bond acceptors (Lipinski definition) is 6.